The topological polar surface area (TPSA) is 75.4 Å². The highest BCUT2D eigenvalue weighted by Gasteiger charge is 2.22. The van der Waals surface area contributed by atoms with Gasteiger partial charge in [-0.25, -0.2) is 0 Å². The number of amides is 2. The largest absolute Gasteiger partial charge is 0.364 e. The third-order valence-electron chi connectivity index (χ3n) is 2.55. The molecule has 6 nitrogen and oxygen atoms in total. The van der Waals surface area contributed by atoms with Crippen LogP contribution in [0.15, 0.2) is 16.9 Å². The van der Waals surface area contributed by atoms with E-state index in [4.69, 9.17) is 4.52 Å². The third kappa shape index (κ3) is 5.34. The van der Waals surface area contributed by atoms with Crippen molar-refractivity contribution in [1.82, 2.24) is 15.4 Å². The van der Waals surface area contributed by atoms with Gasteiger partial charge in [0, 0.05) is 20.0 Å². The predicted octanol–water partition coefficient (Wildman–Crippen LogP) is 0.891. The lowest BCUT2D eigenvalue weighted by atomic mass is 10.2. The summed E-state index contributed by atoms with van der Waals surface area (Å²) in [6.45, 7) is 1.78. The number of rotatable bonds is 7. The van der Waals surface area contributed by atoms with Gasteiger partial charge in [-0.1, -0.05) is 5.16 Å². The van der Waals surface area contributed by atoms with E-state index >= 15 is 0 Å². The molecule has 0 aliphatic carbocycles. The molecule has 1 N–H and O–H groups in total. The zero-order valence-electron chi connectivity index (χ0n) is 11.4. The van der Waals surface area contributed by atoms with Gasteiger partial charge in [0.1, 0.15) is 18.0 Å². The van der Waals surface area contributed by atoms with Gasteiger partial charge < -0.3 is 14.7 Å². The van der Waals surface area contributed by atoms with Gasteiger partial charge in [-0.05, 0) is 18.4 Å². The van der Waals surface area contributed by atoms with E-state index in [2.05, 4.69) is 10.5 Å². The highest BCUT2D eigenvalue weighted by molar-refractivity contribution is 7.98. The van der Waals surface area contributed by atoms with Gasteiger partial charge in [-0.3, -0.25) is 9.59 Å². The first kappa shape index (κ1) is 15.6. The molecule has 106 valence electrons. The predicted molar refractivity (Wildman–Crippen MR) is 73.6 cm³/mol. The fraction of sp³-hybridized carbons (Fsp3) is 0.583. The molecular formula is C12H19N3O3S. The molecule has 0 bridgehead atoms. The highest BCUT2D eigenvalue weighted by Crippen LogP contribution is 2.07. The summed E-state index contributed by atoms with van der Waals surface area (Å²) < 4.78 is 4.72. The number of carbonyl (C=O) groups excluding carboxylic acids is 2. The van der Waals surface area contributed by atoms with Crippen LogP contribution in [0, 0.1) is 0 Å². The van der Waals surface area contributed by atoms with Gasteiger partial charge in [0.15, 0.2) is 0 Å². The molecule has 1 aromatic heterocycles. The Kier molecular flexibility index (Phi) is 6.41. The molecule has 1 heterocycles. The first-order chi connectivity index (χ1) is 9.04. The van der Waals surface area contributed by atoms with Gasteiger partial charge in [0.2, 0.25) is 11.8 Å². The number of nitrogens with one attached hydrogen (secondary N) is 1. The lowest BCUT2D eigenvalue weighted by molar-refractivity contribution is -0.135. The first-order valence-corrected chi connectivity index (χ1v) is 7.34. The Morgan fingerprint density at radius 1 is 1.58 bits per heavy atom. The Bertz CT molecular complexity index is 408. The van der Waals surface area contributed by atoms with Crippen LogP contribution in [0.4, 0.5) is 0 Å². The number of hydrogen-bond acceptors (Lipinski definition) is 5. The molecular weight excluding hydrogens is 266 g/mol. The van der Waals surface area contributed by atoms with Crippen molar-refractivity contribution in [2.75, 3.05) is 19.1 Å². The lowest BCUT2D eigenvalue weighted by Gasteiger charge is -2.23. The molecule has 0 radical (unpaired) electrons. The second-order valence-corrected chi connectivity index (χ2v) is 5.21. The molecule has 0 spiro atoms. The van der Waals surface area contributed by atoms with E-state index in [1.165, 1.54) is 13.2 Å². The number of nitrogens with zero attached hydrogens (tertiary/aromatic N) is 2. The van der Waals surface area contributed by atoms with Crippen LogP contribution in [0.3, 0.4) is 0 Å². The van der Waals surface area contributed by atoms with E-state index < -0.39 is 6.04 Å². The van der Waals surface area contributed by atoms with Gasteiger partial charge in [-0.2, -0.15) is 11.8 Å². The SMILES string of the molecule is CSCC[C@H](NC(C)=O)C(=O)N(C)Cc1ccon1. The van der Waals surface area contributed by atoms with E-state index in [1.807, 2.05) is 6.26 Å². The Balaban J connectivity index is 2.60. The summed E-state index contributed by atoms with van der Waals surface area (Å²) >= 11 is 1.64. The Labute approximate surface area is 116 Å². The van der Waals surface area contributed by atoms with Gasteiger partial charge >= 0.3 is 0 Å². The van der Waals surface area contributed by atoms with Crippen molar-refractivity contribution >= 4 is 23.6 Å². The fourth-order valence-electron chi connectivity index (χ4n) is 1.64. The van der Waals surface area contributed by atoms with Crippen LogP contribution in [0.1, 0.15) is 19.0 Å². The standard InChI is InChI=1S/C12H19N3O3S/c1-9(16)13-11(5-7-19-3)12(17)15(2)8-10-4-6-18-14-10/h4,6,11H,5,7-8H2,1-3H3,(H,13,16)/t11-/m0/s1. The van der Waals surface area contributed by atoms with Crippen molar-refractivity contribution in [2.45, 2.75) is 25.9 Å². The average Bonchev–Trinajstić information content (AvgIpc) is 2.85. The van der Waals surface area contributed by atoms with E-state index in [0.29, 0.717) is 18.7 Å². The lowest BCUT2D eigenvalue weighted by Crippen LogP contribution is -2.46. The van der Waals surface area contributed by atoms with Gasteiger partial charge in [0.25, 0.3) is 0 Å². The van der Waals surface area contributed by atoms with Crippen molar-refractivity contribution in [3.63, 3.8) is 0 Å². The molecule has 7 heteroatoms. The minimum atomic E-state index is -0.484. The molecule has 0 aliphatic heterocycles. The molecule has 0 unspecified atom stereocenters. The van der Waals surface area contributed by atoms with E-state index in [1.54, 1.807) is 29.8 Å². The Morgan fingerprint density at radius 3 is 2.84 bits per heavy atom. The number of likely N-dealkylation sites (N-methyl/N-ethyl adjacent to an activating group) is 1. The molecule has 0 aromatic carbocycles. The Hall–Kier alpha value is -1.50. The fourth-order valence-corrected chi connectivity index (χ4v) is 2.12. The summed E-state index contributed by atoms with van der Waals surface area (Å²) in [6, 6.07) is 1.22. The monoisotopic (exact) mass is 285 g/mol. The molecule has 0 saturated heterocycles. The zero-order valence-corrected chi connectivity index (χ0v) is 12.2. The summed E-state index contributed by atoms with van der Waals surface area (Å²) in [7, 11) is 1.69. The average molecular weight is 285 g/mol. The van der Waals surface area contributed by atoms with Crippen LogP contribution in [0.5, 0.6) is 0 Å². The van der Waals surface area contributed by atoms with Crippen LogP contribution in [0.25, 0.3) is 0 Å². The number of hydrogen-bond donors (Lipinski definition) is 1. The molecule has 2 amide bonds. The smallest absolute Gasteiger partial charge is 0.245 e. The second-order valence-electron chi connectivity index (χ2n) is 4.22. The van der Waals surface area contributed by atoms with Gasteiger partial charge in [0.05, 0.1) is 6.54 Å². The van der Waals surface area contributed by atoms with Crippen LogP contribution in [-0.2, 0) is 16.1 Å². The highest BCUT2D eigenvalue weighted by atomic mass is 32.2. The third-order valence-corrected chi connectivity index (χ3v) is 3.20. The zero-order chi connectivity index (χ0) is 14.3. The van der Waals surface area contributed by atoms with Crippen molar-refractivity contribution in [1.29, 1.82) is 0 Å². The molecule has 1 rings (SSSR count). The maximum absolute atomic E-state index is 12.3. The van der Waals surface area contributed by atoms with Crippen molar-refractivity contribution in [2.24, 2.45) is 0 Å². The van der Waals surface area contributed by atoms with Crippen LogP contribution in [0.2, 0.25) is 0 Å². The van der Waals surface area contributed by atoms with E-state index in [0.717, 1.165) is 5.75 Å². The first-order valence-electron chi connectivity index (χ1n) is 5.95. The van der Waals surface area contributed by atoms with Crippen LogP contribution >= 0.6 is 11.8 Å². The summed E-state index contributed by atoms with van der Waals surface area (Å²) in [5.74, 6) is 0.496. The molecule has 0 saturated carbocycles. The number of aromatic nitrogens is 1. The molecule has 1 atom stereocenters. The van der Waals surface area contributed by atoms with Gasteiger partial charge in [-0.15, -0.1) is 0 Å². The summed E-state index contributed by atoms with van der Waals surface area (Å²) in [6.07, 6.45) is 4.05. The molecule has 0 fully saturated rings. The molecule has 0 aliphatic rings. The number of carbonyl (C=O) groups is 2. The minimum Gasteiger partial charge on any atom is -0.364 e. The van der Waals surface area contributed by atoms with Crippen molar-refractivity contribution < 1.29 is 14.1 Å². The number of thioether (sulfide) groups is 1. The van der Waals surface area contributed by atoms with E-state index in [-0.39, 0.29) is 11.8 Å². The summed E-state index contributed by atoms with van der Waals surface area (Å²) in [5.41, 5.74) is 0.683. The normalized spacial score (nSPS) is 11.9. The van der Waals surface area contributed by atoms with Crippen molar-refractivity contribution in [3.8, 4) is 0 Å². The molecule has 1 aromatic rings. The van der Waals surface area contributed by atoms with Crippen LogP contribution in [-0.4, -0.2) is 47.0 Å². The molecule has 19 heavy (non-hydrogen) atoms. The quantitative estimate of drug-likeness (QED) is 0.805. The Morgan fingerprint density at radius 2 is 2.32 bits per heavy atom. The summed E-state index contributed by atoms with van der Waals surface area (Å²) in [4.78, 5) is 24.9. The van der Waals surface area contributed by atoms with E-state index in [9.17, 15) is 9.59 Å². The minimum absolute atomic E-state index is 0.118. The maximum atomic E-state index is 12.3. The maximum Gasteiger partial charge on any atom is 0.245 e. The van der Waals surface area contributed by atoms with Crippen LogP contribution < -0.4 is 5.32 Å². The summed E-state index contributed by atoms with van der Waals surface area (Å²) in [5, 5.41) is 6.45. The second kappa shape index (κ2) is 7.83. The van der Waals surface area contributed by atoms with Crippen molar-refractivity contribution in [3.05, 3.63) is 18.0 Å².